The van der Waals surface area contributed by atoms with Crippen molar-refractivity contribution < 1.29 is 24.3 Å². The van der Waals surface area contributed by atoms with Crippen molar-refractivity contribution in [2.75, 3.05) is 30.6 Å². The van der Waals surface area contributed by atoms with Crippen LogP contribution in [0.5, 0.6) is 0 Å². The summed E-state index contributed by atoms with van der Waals surface area (Å²) in [5, 5.41) is 18.3. The normalized spacial score (nSPS) is 13.6. The molecule has 7 N–H and O–H groups in total. The fourth-order valence-electron chi connectivity index (χ4n) is 3.53. The smallest absolute Gasteiger partial charge is 0.326 e. The van der Waals surface area contributed by atoms with Crippen LogP contribution in [-0.2, 0) is 25.6 Å². The zero-order chi connectivity index (χ0) is 25.8. The first-order chi connectivity index (χ1) is 16.8. The van der Waals surface area contributed by atoms with E-state index < -0.39 is 41.8 Å². The monoisotopic (exact) mass is 523 g/mol. The van der Waals surface area contributed by atoms with E-state index in [4.69, 9.17) is 5.73 Å². The second-order valence-electron chi connectivity index (χ2n) is 7.91. The standard InChI is InChI=1S/C23H33N5O5S2/c1-34-9-7-17(21(30)28-18(23(32)33)8-10-35-2)27-22(31)19(26-20(29)12-24)11-14-13-25-16-6-4-3-5-15(14)16/h3-6,13,17-19,25H,7-12,24H2,1-2H3,(H,26,29)(H,27,31)(H,28,30)(H,32,33). The van der Waals surface area contributed by atoms with Crippen molar-refractivity contribution >= 4 is 58.1 Å². The number of carbonyl (C=O) groups is 4. The Morgan fingerprint density at radius 1 is 0.943 bits per heavy atom. The van der Waals surface area contributed by atoms with Gasteiger partial charge in [-0.05, 0) is 48.5 Å². The van der Waals surface area contributed by atoms with Gasteiger partial charge in [0.15, 0.2) is 0 Å². The topological polar surface area (TPSA) is 166 Å². The molecular formula is C23H33N5O5S2. The molecule has 0 aliphatic heterocycles. The number of aromatic amines is 1. The Kier molecular flexibility index (Phi) is 11.9. The van der Waals surface area contributed by atoms with Crippen molar-refractivity contribution in [2.24, 2.45) is 5.73 Å². The van der Waals surface area contributed by atoms with Crippen molar-refractivity contribution in [1.29, 1.82) is 0 Å². The minimum Gasteiger partial charge on any atom is -0.480 e. The highest BCUT2D eigenvalue weighted by atomic mass is 32.2. The van der Waals surface area contributed by atoms with Gasteiger partial charge in [0.2, 0.25) is 17.7 Å². The quantitative estimate of drug-likeness (QED) is 0.199. The third-order valence-electron chi connectivity index (χ3n) is 5.40. The summed E-state index contributed by atoms with van der Waals surface area (Å²) >= 11 is 2.98. The van der Waals surface area contributed by atoms with Gasteiger partial charge in [-0.1, -0.05) is 18.2 Å². The number of carboxylic acids is 1. The van der Waals surface area contributed by atoms with Crippen LogP contribution in [-0.4, -0.2) is 82.5 Å². The number of thioether (sulfide) groups is 2. The number of carboxylic acid groups (broad SMARTS) is 1. The Balaban J connectivity index is 2.20. The Hall–Kier alpha value is -2.70. The molecule has 0 spiro atoms. The first-order valence-corrected chi connectivity index (χ1v) is 13.9. The van der Waals surface area contributed by atoms with Crippen molar-refractivity contribution in [3.63, 3.8) is 0 Å². The number of aliphatic carboxylic acids is 1. The maximum absolute atomic E-state index is 13.2. The molecule has 1 aromatic carbocycles. The fraction of sp³-hybridized carbons (Fsp3) is 0.478. The Morgan fingerprint density at radius 2 is 1.54 bits per heavy atom. The second kappa shape index (κ2) is 14.6. The number of aromatic nitrogens is 1. The zero-order valence-corrected chi connectivity index (χ0v) is 21.5. The number of para-hydroxylation sites is 1. The molecule has 10 nitrogen and oxygen atoms in total. The van der Waals surface area contributed by atoms with E-state index in [1.807, 2.05) is 36.8 Å². The van der Waals surface area contributed by atoms with Gasteiger partial charge in [-0.25, -0.2) is 4.79 Å². The summed E-state index contributed by atoms with van der Waals surface area (Å²) in [5.41, 5.74) is 7.17. The number of nitrogens with one attached hydrogen (secondary N) is 4. The number of fused-ring (bicyclic) bond motifs is 1. The highest BCUT2D eigenvalue weighted by Gasteiger charge is 2.29. The lowest BCUT2D eigenvalue weighted by atomic mass is 10.0. The molecule has 1 aromatic heterocycles. The van der Waals surface area contributed by atoms with Crippen molar-refractivity contribution in [3.8, 4) is 0 Å². The molecular weight excluding hydrogens is 490 g/mol. The third-order valence-corrected chi connectivity index (χ3v) is 6.69. The van der Waals surface area contributed by atoms with Gasteiger partial charge in [-0.15, -0.1) is 0 Å². The van der Waals surface area contributed by atoms with Crippen LogP contribution in [0.3, 0.4) is 0 Å². The van der Waals surface area contributed by atoms with Crippen LogP contribution in [0, 0.1) is 0 Å². The lowest BCUT2D eigenvalue weighted by Gasteiger charge is -2.24. The van der Waals surface area contributed by atoms with E-state index in [1.165, 1.54) is 23.5 Å². The molecule has 0 aliphatic carbocycles. The summed E-state index contributed by atoms with van der Waals surface area (Å²) in [6, 6.07) is 4.62. The van der Waals surface area contributed by atoms with E-state index in [0.717, 1.165) is 16.5 Å². The van der Waals surface area contributed by atoms with Crippen LogP contribution in [0.25, 0.3) is 10.9 Å². The minimum atomic E-state index is -1.13. The molecule has 0 radical (unpaired) electrons. The average Bonchev–Trinajstić information content (AvgIpc) is 3.26. The molecule has 3 atom stereocenters. The van der Waals surface area contributed by atoms with Gasteiger partial charge in [-0.2, -0.15) is 23.5 Å². The number of hydrogen-bond donors (Lipinski definition) is 6. The SMILES string of the molecule is CSCCC(NC(=O)C(CCSC)NC(=O)C(Cc1c[nH]c2ccccc12)NC(=O)CN)C(=O)O. The molecule has 2 rings (SSSR count). The molecule has 0 bridgehead atoms. The molecule has 12 heteroatoms. The number of H-pyrrole nitrogens is 1. The minimum absolute atomic E-state index is 0.184. The molecule has 0 fully saturated rings. The number of benzene rings is 1. The van der Waals surface area contributed by atoms with E-state index in [1.54, 1.807) is 6.20 Å². The predicted molar refractivity (Wildman–Crippen MR) is 140 cm³/mol. The highest BCUT2D eigenvalue weighted by Crippen LogP contribution is 2.19. The largest absolute Gasteiger partial charge is 0.480 e. The predicted octanol–water partition coefficient (Wildman–Crippen LogP) is 0.714. The fourth-order valence-corrected chi connectivity index (χ4v) is 4.47. The molecule has 0 aliphatic rings. The first kappa shape index (κ1) is 28.5. The van der Waals surface area contributed by atoms with Gasteiger partial charge in [-0.3, -0.25) is 14.4 Å². The summed E-state index contributed by atoms with van der Waals surface area (Å²) < 4.78 is 0. The Morgan fingerprint density at radius 3 is 2.17 bits per heavy atom. The molecule has 0 saturated carbocycles. The summed E-state index contributed by atoms with van der Waals surface area (Å²) in [6.07, 6.45) is 6.26. The third kappa shape index (κ3) is 8.79. The summed E-state index contributed by atoms with van der Waals surface area (Å²) in [6.45, 7) is -0.288. The summed E-state index contributed by atoms with van der Waals surface area (Å²) in [5.74, 6) is -1.61. The number of carbonyl (C=O) groups excluding carboxylic acids is 3. The van der Waals surface area contributed by atoms with Gasteiger partial charge >= 0.3 is 5.97 Å². The number of rotatable bonds is 15. The Bertz CT molecular complexity index is 1020. The van der Waals surface area contributed by atoms with Crippen LogP contribution >= 0.6 is 23.5 Å². The van der Waals surface area contributed by atoms with Crippen LogP contribution < -0.4 is 21.7 Å². The van der Waals surface area contributed by atoms with E-state index in [2.05, 4.69) is 20.9 Å². The molecule has 35 heavy (non-hydrogen) atoms. The van der Waals surface area contributed by atoms with Crippen LogP contribution in [0.4, 0.5) is 0 Å². The zero-order valence-electron chi connectivity index (χ0n) is 19.8. The molecule has 1 heterocycles. The number of amides is 3. The number of hydrogen-bond acceptors (Lipinski definition) is 7. The maximum atomic E-state index is 13.2. The molecule has 0 saturated heterocycles. The highest BCUT2D eigenvalue weighted by molar-refractivity contribution is 7.98. The lowest BCUT2D eigenvalue weighted by Crippen LogP contribution is -2.56. The van der Waals surface area contributed by atoms with Gasteiger partial charge < -0.3 is 31.8 Å². The Labute approximate surface area is 212 Å². The molecule has 3 unspecified atom stereocenters. The van der Waals surface area contributed by atoms with E-state index in [9.17, 15) is 24.3 Å². The molecule has 3 amide bonds. The maximum Gasteiger partial charge on any atom is 0.326 e. The van der Waals surface area contributed by atoms with Gasteiger partial charge in [0, 0.05) is 23.5 Å². The lowest BCUT2D eigenvalue weighted by molar-refractivity contribution is -0.142. The van der Waals surface area contributed by atoms with Crippen LogP contribution in [0.2, 0.25) is 0 Å². The molecule has 192 valence electrons. The summed E-state index contributed by atoms with van der Waals surface area (Å²) in [4.78, 5) is 53.0. The van der Waals surface area contributed by atoms with Crippen molar-refractivity contribution in [2.45, 2.75) is 37.4 Å². The van der Waals surface area contributed by atoms with Crippen molar-refractivity contribution in [3.05, 3.63) is 36.0 Å². The van der Waals surface area contributed by atoms with E-state index in [0.29, 0.717) is 17.9 Å². The average molecular weight is 524 g/mol. The van der Waals surface area contributed by atoms with E-state index >= 15 is 0 Å². The second-order valence-corrected chi connectivity index (χ2v) is 9.88. The van der Waals surface area contributed by atoms with Crippen LogP contribution in [0.1, 0.15) is 18.4 Å². The first-order valence-electron chi connectivity index (χ1n) is 11.2. The van der Waals surface area contributed by atoms with Crippen LogP contribution in [0.15, 0.2) is 30.5 Å². The van der Waals surface area contributed by atoms with Gasteiger partial charge in [0.05, 0.1) is 6.54 Å². The number of nitrogens with two attached hydrogens (primary N) is 1. The van der Waals surface area contributed by atoms with E-state index in [-0.39, 0.29) is 19.4 Å². The molecule has 2 aromatic rings. The summed E-state index contributed by atoms with van der Waals surface area (Å²) in [7, 11) is 0. The van der Waals surface area contributed by atoms with Gasteiger partial charge in [0.25, 0.3) is 0 Å². The van der Waals surface area contributed by atoms with Gasteiger partial charge in [0.1, 0.15) is 18.1 Å². The van der Waals surface area contributed by atoms with Crippen molar-refractivity contribution in [1.82, 2.24) is 20.9 Å².